The molecule has 1 heterocycles. The first-order valence-corrected chi connectivity index (χ1v) is 10.1. The van der Waals surface area contributed by atoms with Crippen molar-refractivity contribution in [3.63, 3.8) is 0 Å². The quantitative estimate of drug-likeness (QED) is 0.640. The Morgan fingerprint density at radius 1 is 1.13 bits per heavy atom. The highest BCUT2D eigenvalue weighted by molar-refractivity contribution is 6.35. The molecule has 0 saturated carbocycles. The molecule has 8 nitrogen and oxygen atoms in total. The molecular formula is C21H19Cl2N3O5. The third kappa shape index (κ3) is 5.96. The van der Waals surface area contributed by atoms with E-state index in [1.807, 2.05) is 6.92 Å². The van der Waals surface area contributed by atoms with Crippen LogP contribution in [-0.4, -0.2) is 41.9 Å². The Labute approximate surface area is 188 Å². The van der Waals surface area contributed by atoms with Crippen molar-refractivity contribution in [2.45, 2.75) is 13.3 Å². The van der Waals surface area contributed by atoms with Crippen molar-refractivity contribution in [3.05, 3.63) is 63.6 Å². The van der Waals surface area contributed by atoms with E-state index in [1.54, 1.807) is 30.3 Å². The van der Waals surface area contributed by atoms with Crippen LogP contribution < -0.4 is 10.7 Å². The van der Waals surface area contributed by atoms with Gasteiger partial charge in [-0.1, -0.05) is 40.9 Å². The van der Waals surface area contributed by atoms with Crippen LogP contribution in [0.2, 0.25) is 10.0 Å². The van der Waals surface area contributed by atoms with E-state index < -0.39 is 36.2 Å². The van der Waals surface area contributed by atoms with Gasteiger partial charge in [-0.2, -0.15) is 0 Å². The lowest BCUT2D eigenvalue weighted by atomic mass is 10.1. The fraction of sp³-hybridized carbons (Fsp3) is 0.238. The summed E-state index contributed by atoms with van der Waals surface area (Å²) in [5, 5.41) is 4.25. The van der Waals surface area contributed by atoms with Gasteiger partial charge in [0.25, 0.3) is 11.8 Å². The van der Waals surface area contributed by atoms with Crippen LogP contribution in [0.25, 0.3) is 0 Å². The van der Waals surface area contributed by atoms with Gasteiger partial charge >= 0.3 is 5.97 Å². The van der Waals surface area contributed by atoms with Gasteiger partial charge in [-0.15, -0.1) is 0 Å². The van der Waals surface area contributed by atoms with Crippen LogP contribution in [0.5, 0.6) is 0 Å². The topological polar surface area (TPSA) is 105 Å². The number of nitrogens with zero attached hydrogens (tertiary/aromatic N) is 1. The first-order valence-electron chi connectivity index (χ1n) is 9.32. The van der Waals surface area contributed by atoms with Crippen molar-refractivity contribution >= 4 is 52.6 Å². The molecule has 1 fully saturated rings. The van der Waals surface area contributed by atoms with E-state index in [0.29, 0.717) is 10.6 Å². The molecule has 1 aliphatic rings. The van der Waals surface area contributed by atoms with E-state index in [4.69, 9.17) is 27.9 Å². The maximum Gasteiger partial charge on any atom is 0.311 e. The van der Waals surface area contributed by atoms with Crippen LogP contribution in [0.15, 0.2) is 42.5 Å². The van der Waals surface area contributed by atoms with Crippen LogP contribution >= 0.6 is 23.2 Å². The summed E-state index contributed by atoms with van der Waals surface area (Å²) >= 11 is 11.8. The summed E-state index contributed by atoms with van der Waals surface area (Å²) in [5.41, 5.74) is 4.17. The van der Waals surface area contributed by atoms with E-state index >= 15 is 0 Å². The summed E-state index contributed by atoms with van der Waals surface area (Å²) in [6, 6.07) is 11.4. The van der Waals surface area contributed by atoms with Crippen molar-refractivity contribution in [2.75, 3.05) is 18.5 Å². The van der Waals surface area contributed by atoms with Gasteiger partial charge in [-0.3, -0.25) is 29.6 Å². The monoisotopic (exact) mass is 463 g/mol. The minimum absolute atomic E-state index is 0.0446. The largest absolute Gasteiger partial charge is 0.455 e. The van der Waals surface area contributed by atoms with Crippen molar-refractivity contribution in [1.82, 2.24) is 10.4 Å². The second-order valence-corrected chi connectivity index (χ2v) is 7.84. The molecule has 2 aromatic carbocycles. The summed E-state index contributed by atoms with van der Waals surface area (Å²) in [5.74, 6) is -3.00. The Balaban J connectivity index is 1.49. The highest BCUT2D eigenvalue weighted by Crippen LogP contribution is 2.25. The van der Waals surface area contributed by atoms with Crippen molar-refractivity contribution in [1.29, 1.82) is 0 Å². The second kappa shape index (κ2) is 9.80. The average Bonchev–Trinajstić information content (AvgIpc) is 3.09. The van der Waals surface area contributed by atoms with E-state index in [0.717, 1.165) is 10.6 Å². The number of ether oxygens (including phenoxy) is 1. The number of anilines is 1. The molecule has 3 amide bonds. The zero-order chi connectivity index (χ0) is 22.5. The minimum atomic E-state index is -0.798. The molecule has 1 aliphatic heterocycles. The van der Waals surface area contributed by atoms with Gasteiger partial charge in [0, 0.05) is 17.0 Å². The maximum absolute atomic E-state index is 12.3. The number of nitrogens with one attached hydrogen (secondary N) is 2. The fourth-order valence-corrected chi connectivity index (χ4v) is 3.24. The Hall–Kier alpha value is -3.10. The SMILES string of the molecule is Cc1ccc(C(=O)NN2C[C@@H](C(=O)OCC(=O)Nc3cc(Cl)ccc3Cl)CC2=O)cc1. The van der Waals surface area contributed by atoms with Crippen LogP contribution in [-0.2, 0) is 19.1 Å². The Kier molecular flexibility index (Phi) is 7.14. The summed E-state index contributed by atoms with van der Waals surface area (Å²) < 4.78 is 5.01. The number of carbonyl (C=O) groups is 4. The number of carbonyl (C=O) groups excluding carboxylic acids is 4. The van der Waals surface area contributed by atoms with E-state index in [2.05, 4.69) is 10.7 Å². The molecule has 2 N–H and O–H groups in total. The molecule has 2 aromatic rings. The Morgan fingerprint density at radius 3 is 2.55 bits per heavy atom. The van der Waals surface area contributed by atoms with E-state index in [1.165, 1.54) is 12.1 Å². The predicted molar refractivity (Wildman–Crippen MR) is 115 cm³/mol. The number of hydrogen-bond acceptors (Lipinski definition) is 5. The molecular weight excluding hydrogens is 445 g/mol. The van der Waals surface area contributed by atoms with Gasteiger partial charge in [0.2, 0.25) is 5.91 Å². The number of benzene rings is 2. The molecule has 3 rings (SSSR count). The van der Waals surface area contributed by atoms with Gasteiger partial charge in [0.05, 0.1) is 23.2 Å². The third-order valence-electron chi connectivity index (χ3n) is 4.56. The van der Waals surface area contributed by atoms with Crippen LogP contribution in [0.3, 0.4) is 0 Å². The van der Waals surface area contributed by atoms with Gasteiger partial charge in [-0.25, -0.2) is 0 Å². The Morgan fingerprint density at radius 2 is 1.84 bits per heavy atom. The average molecular weight is 464 g/mol. The summed E-state index contributed by atoms with van der Waals surface area (Å²) in [6.07, 6.45) is -0.130. The van der Waals surface area contributed by atoms with Gasteiger partial charge in [0.15, 0.2) is 6.61 Å². The number of amides is 3. The highest BCUT2D eigenvalue weighted by Gasteiger charge is 2.36. The van der Waals surface area contributed by atoms with Crippen LogP contribution in [0, 0.1) is 12.8 Å². The minimum Gasteiger partial charge on any atom is -0.455 e. The number of aryl methyl sites for hydroxylation is 1. The molecule has 0 spiro atoms. The number of hydrazine groups is 1. The van der Waals surface area contributed by atoms with Crippen molar-refractivity contribution < 1.29 is 23.9 Å². The zero-order valence-corrected chi connectivity index (χ0v) is 18.0. The molecule has 1 saturated heterocycles. The molecule has 0 radical (unpaired) electrons. The number of esters is 1. The van der Waals surface area contributed by atoms with Crippen LogP contribution in [0.1, 0.15) is 22.3 Å². The maximum atomic E-state index is 12.3. The smallest absolute Gasteiger partial charge is 0.311 e. The summed E-state index contributed by atoms with van der Waals surface area (Å²) in [6.45, 7) is 1.30. The lowest BCUT2D eigenvalue weighted by Crippen LogP contribution is -2.43. The van der Waals surface area contributed by atoms with Gasteiger partial charge in [-0.05, 0) is 37.3 Å². The molecule has 162 valence electrons. The van der Waals surface area contributed by atoms with E-state index in [-0.39, 0.29) is 23.7 Å². The molecule has 0 unspecified atom stereocenters. The molecule has 1 atom stereocenters. The number of hydrogen-bond donors (Lipinski definition) is 2. The number of halogens is 2. The zero-order valence-electron chi connectivity index (χ0n) is 16.5. The summed E-state index contributed by atoms with van der Waals surface area (Å²) in [7, 11) is 0. The molecule has 31 heavy (non-hydrogen) atoms. The first kappa shape index (κ1) is 22.6. The second-order valence-electron chi connectivity index (χ2n) is 6.99. The van der Waals surface area contributed by atoms with Gasteiger partial charge < -0.3 is 10.1 Å². The first-order chi connectivity index (χ1) is 14.7. The highest BCUT2D eigenvalue weighted by atomic mass is 35.5. The molecule has 0 aromatic heterocycles. The van der Waals surface area contributed by atoms with E-state index in [9.17, 15) is 19.2 Å². The fourth-order valence-electron chi connectivity index (χ4n) is 2.90. The number of rotatable bonds is 6. The molecule has 0 bridgehead atoms. The standard InChI is InChI=1S/C21H19Cl2N3O5/c1-12-2-4-13(5-3-12)20(29)25-26-10-14(8-19(26)28)21(30)31-11-18(27)24-17-9-15(22)6-7-16(17)23/h2-7,9,14H,8,10-11H2,1H3,(H,24,27)(H,25,29)/t14-/m0/s1. The Bertz CT molecular complexity index is 1030. The summed E-state index contributed by atoms with van der Waals surface area (Å²) in [4.78, 5) is 48.7. The predicted octanol–water partition coefficient (Wildman–Crippen LogP) is 2.98. The van der Waals surface area contributed by atoms with Crippen molar-refractivity contribution in [3.8, 4) is 0 Å². The lowest BCUT2D eigenvalue weighted by Gasteiger charge is -2.17. The normalized spacial score (nSPS) is 15.5. The van der Waals surface area contributed by atoms with Crippen LogP contribution in [0.4, 0.5) is 5.69 Å². The van der Waals surface area contributed by atoms with Crippen molar-refractivity contribution in [2.24, 2.45) is 5.92 Å². The lowest BCUT2D eigenvalue weighted by molar-refractivity contribution is -0.151. The third-order valence-corrected chi connectivity index (χ3v) is 5.12. The molecule has 0 aliphatic carbocycles. The molecule has 10 heteroatoms. The van der Waals surface area contributed by atoms with Gasteiger partial charge in [0.1, 0.15) is 0 Å².